The molecule has 0 fully saturated rings. The van der Waals surface area contributed by atoms with E-state index in [4.69, 9.17) is 16.3 Å². The Balaban J connectivity index is 2.66. The van der Waals surface area contributed by atoms with E-state index in [9.17, 15) is 4.79 Å². The average Bonchev–Trinajstić information content (AvgIpc) is 2.34. The molecule has 1 unspecified atom stereocenters. The maximum atomic E-state index is 11.6. The van der Waals surface area contributed by atoms with Gasteiger partial charge in [0, 0.05) is 5.02 Å². The van der Waals surface area contributed by atoms with Crippen molar-refractivity contribution in [3.8, 4) is 0 Å². The summed E-state index contributed by atoms with van der Waals surface area (Å²) < 4.78 is 5.10. The summed E-state index contributed by atoms with van der Waals surface area (Å²) in [5.74, 6) is 0.00618. The van der Waals surface area contributed by atoms with Crippen molar-refractivity contribution >= 4 is 17.6 Å². The van der Waals surface area contributed by atoms with Crippen molar-refractivity contribution in [1.82, 2.24) is 0 Å². The minimum Gasteiger partial charge on any atom is -0.466 e. The number of rotatable bonds is 6. The number of esters is 1. The van der Waals surface area contributed by atoms with Gasteiger partial charge in [0.2, 0.25) is 0 Å². The van der Waals surface area contributed by atoms with Gasteiger partial charge in [0.15, 0.2) is 0 Å². The first kappa shape index (κ1) is 14.0. The lowest BCUT2D eigenvalue weighted by atomic mass is 9.93. The van der Waals surface area contributed by atoms with Gasteiger partial charge in [0.1, 0.15) is 0 Å². The summed E-state index contributed by atoms with van der Waals surface area (Å²) >= 11 is 6.13. The number of benzene rings is 1. The summed E-state index contributed by atoms with van der Waals surface area (Å²) in [4.78, 5) is 11.6. The van der Waals surface area contributed by atoms with Gasteiger partial charge in [-0.05, 0) is 30.4 Å². The molecule has 17 heavy (non-hydrogen) atoms. The van der Waals surface area contributed by atoms with Crippen molar-refractivity contribution in [2.45, 2.75) is 39.0 Å². The molecule has 0 saturated heterocycles. The van der Waals surface area contributed by atoms with Crippen LogP contribution in [0.15, 0.2) is 24.3 Å². The molecule has 2 nitrogen and oxygen atoms in total. The number of hydrogen-bond donors (Lipinski definition) is 0. The minimum atomic E-state index is -0.140. The molecular weight excluding hydrogens is 236 g/mol. The molecule has 0 amide bonds. The fourth-order valence-corrected chi connectivity index (χ4v) is 2.05. The Labute approximate surface area is 108 Å². The van der Waals surface area contributed by atoms with Crippen LogP contribution in [0, 0.1) is 0 Å². The van der Waals surface area contributed by atoms with Gasteiger partial charge in [-0.2, -0.15) is 0 Å². The average molecular weight is 255 g/mol. The summed E-state index contributed by atoms with van der Waals surface area (Å²) in [7, 11) is 0. The third-order valence-corrected chi connectivity index (χ3v) is 3.06. The number of hydrogen-bond acceptors (Lipinski definition) is 2. The Morgan fingerprint density at radius 3 is 2.65 bits per heavy atom. The predicted molar refractivity (Wildman–Crippen MR) is 70.4 cm³/mol. The van der Waals surface area contributed by atoms with Crippen LogP contribution >= 0.6 is 11.6 Å². The lowest BCUT2D eigenvalue weighted by Crippen LogP contribution is -2.11. The molecule has 1 atom stereocenters. The largest absolute Gasteiger partial charge is 0.466 e. The quantitative estimate of drug-likeness (QED) is 0.712. The highest BCUT2D eigenvalue weighted by Gasteiger charge is 2.17. The Morgan fingerprint density at radius 1 is 1.35 bits per heavy atom. The Hall–Kier alpha value is -1.02. The fourth-order valence-electron chi connectivity index (χ4n) is 1.76. The van der Waals surface area contributed by atoms with E-state index in [0.29, 0.717) is 13.0 Å². The maximum absolute atomic E-state index is 11.6. The van der Waals surface area contributed by atoms with Gasteiger partial charge < -0.3 is 4.74 Å². The SMILES string of the molecule is CCCOC(=O)CC(CC)c1ccccc1Cl. The zero-order valence-corrected chi connectivity index (χ0v) is 11.2. The molecule has 94 valence electrons. The van der Waals surface area contributed by atoms with Gasteiger partial charge in [-0.1, -0.05) is 43.6 Å². The highest BCUT2D eigenvalue weighted by atomic mass is 35.5. The molecular formula is C14H19ClO2. The second kappa shape index (κ2) is 7.33. The molecule has 0 aromatic heterocycles. The van der Waals surface area contributed by atoms with Crippen LogP contribution in [0.1, 0.15) is 44.6 Å². The van der Waals surface area contributed by atoms with Crippen molar-refractivity contribution in [3.63, 3.8) is 0 Å². The molecule has 0 bridgehead atoms. The van der Waals surface area contributed by atoms with Gasteiger partial charge in [-0.3, -0.25) is 4.79 Å². The monoisotopic (exact) mass is 254 g/mol. The number of ether oxygens (including phenoxy) is 1. The number of carbonyl (C=O) groups excluding carboxylic acids is 1. The van der Waals surface area contributed by atoms with Crippen molar-refractivity contribution in [3.05, 3.63) is 34.9 Å². The van der Waals surface area contributed by atoms with Crippen molar-refractivity contribution in [2.24, 2.45) is 0 Å². The van der Waals surface area contributed by atoms with E-state index in [0.717, 1.165) is 23.4 Å². The summed E-state index contributed by atoms with van der Waals surface area (Å²) in [5.41, 5.74) is 1.03. The molecule has 1 aromatic rings. The molecule has 1 rings (SSSR count). The van der Waals surface area contributed by atoms with Crippen LogP contribution in [0.4, 0.5) is 0 Å². The highest BCUT2D eigenvalue weighted by molar-refractivity contribution is 6.31. The van der Waals surface area contributed by atoms with Gasteiger partial charge >= 0.3 is 5.97 Å². The Kier molecular flexibility index (Phi) is 6.06. The molecule has 0 aliphatic carbocycles. The van der Waals surface area contributed by atoms with E-state index in [1.165, 1.54) is 0 Å². The van der Waals surface area contributed by atoms with Gasteiger partial charge in [-0.15, -0.1) is 0 Å². The third kappa shape index (κ3) is 4.39. The molecule has 0 radical (unpaired) electrons. The van der Waals surface area contributed by atoms with Crippen LogP contribution in [0.2, 0.25) is 5.02 Å². The summed E-state index contributed by atoms with van der Waals surface area (Å²) in [5, 5.41) is 0.725. The van der Waals surface area contributed by atoms with Gasteiger partial charge in [0.25, 0.3) is 0 Å². The molecule has 0 spiro atoms. The standard InChI is InChI=1S/C14H19ClO2/c1-3-9-17-14(16)10-11(4-2)12-7-5-6-8-13(12)15/h5-8,11H,3-4,9-10H2,1-2H3. The van der Waals surface area contributed by atoms with Crippen molar-refractivity contribution < 1.29 is 9.53 Å². The van der Waals surface area contributed by atoms with E-state index >= 15 is 0 Å². The van der Waals surface area contributed by atoms with E-state index in [1.807, 2.05) is 31.2 Å². The predicted octanol–water partition coefficient (Wildman–Crippen LogP) is 4.18. The summed E-state index contributed by atoms with van der Waals surface area (Å²) in [6.07, 6.45) is 2.14. The maximum Gasteiger partial charge on any atom is 0.306 e. The first-order chi connectivity index (χ1) is 8.19. The molecule has 0 saturated carbocycles. The van der Waals surface area contributed by atoms with Gasteiger partial charge in [-0.25, -0.2) is 0 Å². The lowest BCUT2D eigenvalue weighted by molar-refractivity contribution is -0.144. The first-order valence-corrected chi connectivity index (χ1v) is 6.46. The summed E-state index contributed by atoms with van der Waals surface area (Å²) in [6.45, 7) is 4.54. The topological polar surface area (TPSA) is 26.3 Å². The smallest absolute Gasteiger partial charge is 0.306 e. The van der Waals surface area contributed by atoms with Crippen LogP contribution in [0.5, 0.6) is 0 Å². The second-order valence-electron chi connectivity index (χ2n) is 4.05. The zero-order chi connectivity index (χ0) is 12.7. The molecule has 3 heteroatoms. The zero-order valence-electron chi connectivity index (χ0n) is 10.4. The van der Waals surface area contributed by atoms with Crippen LogP contribution < -0.4 is 0 Å². The third-order valence-electron chi connectivity index (χ3n) is 2.72. The first-order valence-electron chi connectivity index (χ1n) is 6.09. The normalized spacial score (nSPS) is 12.2. The molecule has 0 aliphatic heterocycles. The fraction of sp³-hybridized carbons (Fsp3) is 0.500. The Bertz CT molecular complexity index is 363. The van der Waals surface area contributed by atoms with Gasteiger partial charge in [0.05, 0.1) is 13.0 Å². The van der Waals surface area contributed by atoms with E-state index in [-0.39, 0.29) is 11.9 Å². The van der Waals surface area contributed by atoms with Crippen molar-refractivity contribution in [1.29, 1.82) is 0 Å². The molecule has 1 aromatic carbocycles. The number of halogens is 1. The Morgan fingerprint density at radius 2 is 2.06 bits per heavy atom. The molecule has 0 N–H and O–H groups in total. The second-order valence-corrected chi connectivity index (χ2v) is 4.46. The van der Waals surface area contributed by atoms with E-state index in [1.54, 1.807) is 0 Å². The highest BCUT2D eigenvalue weighted by Crippen LogP contribution is 2.29. The van der Waals surface area contributed by atoms with Crippen molar-refractivity contribution in [2.75, 3.05) is 6.61 Å². The number of carbonyl (C=O) groups is 1. The molecule has 0 aliphatic rings. The van der Waals surface area contributed by atoms with E-state index < -0.39 is 0 Å². The van der Waals surface area contributed by atoms with Crippen LogP contribution in [0.25, 0.3) is 0 Å². The van der Waals surface area contributed by atoms with E-state index in [2.05, 4.69) is 6.92 Å². The minimum absolute atomic E-state index is 0.140. The van der Waals surface area contributed by atoms with Crippen LogP contribution in [0.3, 0.4) is 0 Å². The van der Waals surface area contributed by atoms with Crippen LogP contribution in [-0.4, -0.2) is 12.6 Å². The lowest BCUT2D eigenvalue weighted by Gasteiger charge is -2.15. The molecule has 0 heterocycles. The van der Waals surface area contributed by atoms with Crippen LogP contribution in [-0.2, 0) is 9.53 Å². The summed E-state index contributed by atoms with van der Waals surface area (Å²) in [6, 6.07) is 7.68.